The van der Waals surface area contributed by atoms with Crippen LogP contribution in [0, 0.1) is 0 Å². The van der Waals surface area contributed by atoms with E-state index in [0.29, 0.717) is 24.1 Å². The minimum atomic E-state index is 0.0192. The Morgan fingerprint density at radius 3 is 2.43 bits per heavy atom. The third-order valence-electron chi connectivity index (χ3n) is 3.72. The smallest absolute Gasteiger partial charge is 0.261 e. The Hall–Kier alpha value is -2.20. The standard InChI is InChI=1S/C17H18N2O2/c20-17-15-7-5-3-1-2-4-6-8-16(15)18-13-19(17)14-9-11-21-12-10-14/h1-8,13-14H,9-12H2. The van der Waals surface area contributed by atoms with E-state index in [9.17, 15) is 4.79 Å². The zero-order valence-corrected chi connectivity index (χ0v) is 11.8. The van der Waals surface area contributed by atoms with E-state index >= 15 is 0 Å². The van der Waals surface area contributed by atoms with Gasteiger partial charge in [-0.3, -0.25) is 9.36 Å². The third kappa shape index (κ3) is 3.11. The van der Waals surface area contributed by atoms with E-state index in [4.69, 9.17) is 4.74 Å². The summed E-state index contributed by atoms with van der Waals surface area (Å²) in [5.41, 5.74) is 0.727. The van der Waals surface area contributed by atoms with Gasteiger partial charge in [0.25, 0.3) is 5.56 Å². The molecule has 1 aliphatic heterocycles. The van der Waals surface area contributed by atoms with Crippen molar-refractivity contribution in [2.45, 2.75) is 18.9 Å². The molecule has 0 spiro atoms. The normalized spacial score (nSPS) is 15.6. The summed E-state index contributed by atoms with van der Waals surface area (Å²) in [5.74, 6) is 0. The second kappa shape index (κ2) is 6.50. The van der Waals surface area contributed by atoms with Crippen LogP contribution >= 0.6 is 0 Å². The van der Waals surface area contributed by atoms with Crippen molar-refractivity contribution in [3.63, 3.8) is 0 Å². The van der Waals surface area contributed by atoms with Crippen molar-refractivity contribution in [2.24, 2.45) is 0 Å². The molecule has 1 aromatic carbocycles. The summed E-state index contributed by atoms with van der Waals surface area (Å²) in [6.45, 7) is 1.41. The molecule has 3 rings (SSSR count). The van der Waals surface area contributed by atoms with Crippen LogP contribution in [0.1, 0.15) is 18.9 Å². The van der Waals surface area contributed by atoms with Gasteiger partial charge in [0.1, 0.15) is 0 Å². The first-order valence-corrected chi connectivity index (χ1v) is 7.23. The average molecular weight is 282 g/mol. The van der Waals surface area contributed by atoms with Crippen LogP contribution in [-0.2, 0) is 4.74 Å². The van der Waals surface area contributed by atoms with E-state index in [0.717, 1.165) is 12.8 Å². The van der Waals surface area contributed by atoms with Gasteiger partial charge in [-0.1, -0.05) is 36.4 Å². The van der Waals surface area contributed by atoms with Crippen LogP contribution in [0.15, 0.2) is 59.7 Å². The first kappa shape index (κ1) is 13.8. The first-order valence-electron chi connectivity index (χ1n) is 7.23. The highest BCUT2D eigenvalue weighted by atomic mass is 16.5. The summed E-state index contributed by atoms with van der Waals surface area (Å²) in [5, 5.41) is 0.639. The Bertz CT molecular complexity index is 732. The molecule has 0 aliphatic carbocycles. The topological polar surface area (TPSA) is 44.1 Å². The molecule has 0 N–H and O–H groups in total. The molecule has 0 atom stereocenters. The molecule has 0 amide bonds. The Balaban J connectivity index is 2.17. The summed E-state index contributed by atoms with van der Waals surface area (Å²) in [7, 11) is 0. The summed E-state index contributed by atoms with van der Waals surface area (Å²) >= 11 is 0. The molecular weight excluding hydrogens is 264 g/mol. The van der Waals surface area contributed by atoms with E-state index < -0.39 is 0 Å². The van der Waals surface area contributed by atoms with Gasteiger partial charge < -0.3 is 4.74 Å². The first-order chi connectivity index (χ1) is 10.4. The number of nitrogens with zero attached hydrogens (tertiary/aromatic N) is 2. The van der Waals surface area contributed by atoms with Gasteiger partial charge >= 0.3 is 0 Å². The van der Waals surface area contributed by atoms with Crippen molar-refractivity contribution in [3.05, 3.63) is 65.2 Å². The number of hydrogen-bond donors (Lipinski definition) is 0. The maximum atomic E-state index is 12.7. The monoisotopic (exact) mass is 282 g/mol. The van der Waals surface area contributed by atoms with Crippen LogP contribution in [0.2, 0.25) is 0 Å². The highest BCUT2D eigenvalue weighted by Crippen LogP contribution is 2.19. The van der Waals surface area contributed by atoms with Crippen molar-refractivity contribution in [1.82, 2.24) is 9.55 Å². The van der Waals surface area contributed by atoms with Gasteiger partial charge in [0.05, 0.1) is 17.2 Å². The van der Waals surface area contributed by atoms with Crippen molar-refractivity contribution in [3.8, 4) is 0 Å². The Morgan fingerprint density at radius 2 is 1.67 bits per heavy atom. The fraction of sp³-hybridized carbons (Fsp3) is 0.294. The van der Waals surface area contributed by atoms with Crippen molar-refractivity contribution >= 4 is 10.9 Å². The molecule has 1 aromatic heterocycles. The van der Waals surface area contributed by atoms with Crippen molar-refractivity contribution in [1.29, 1.82) is 0 Å². The fourth-order valence-electron chi connectivity index (χ4n) is 2.56. The van der Waals surface area contributed by atoms with E-state index in [-0.39, 0.29) is 11.6 Å². The number of ether oxygens (including phenoxy) is 1. The zero-order valence-electron chi connectivity index (χ0n) is 11.8. The lowest BCUT2D eigenvalue weighted by molar-refractivity contribution is 0.0685. The van der Waals surface area contributed by atoms with Crippen LogP contribution in [0.5, 0.6) is 0 Å². The van der Waals surface area contributed by atoms with E-state index in [1.807, 2.05) is 48.5 Å². The molecule has 1 aliphatic rings. The number of aromatic nitrogens is 2. The summed E-state index contributed by atoms with van der Waals surface area (Å²) in [6.07, 6.45) is 3.39. The van der Waals surface area contributed by atoms with E-state index in [2.05, 4.69) is 4.98 Å². The van der Waals surface area contributed by atoms with Crippen LogP contribution in [-0.4, -0.2) is 22.8 Å². The third-order valence-corrected chi connectivity index (χ3v) is 3.72. The number of hydrogen-bond acceptors (Lipinski definition) is 3. The van der Waals surface area contributed by atoms with Crippen LogP contribution < -0.4 is 5.56 Å². The number of fused-ring (bicyclic) bond motifs is 1. The molecule has 0 radical (unpaired) electrons. The second-order valence-electron chi connectivity index (χ2n) is 5.09. The van der Waals surface area contributed by atoms with E-state index in [1.54, 1.807) is 10.9 Å². The molecule has 1 saturated heterocycles. The molecule has 0 unspecified atom stereocenters. The lowest BCUT2D eigenvalue weighted by Crippen LogP contribution is -2.29. The lowest BCUT2D eigenvalue weighted by Gasteiger charge is -2.23. The summed E-state index contributed by atoms with van der Waals surface area (Å²) in [6, 6.07) is 15.4. The molecule has 0 bridgehead atoms. The molecule has 4 heteroatoms. The quantitative estimate of drug-likeness (QED) is 0.808. The summed E-state index contributed by atoms with van der Waals surface area (Å²) < 4.78 is 7.12. The molecule has 2 heterocycles. The maximum Gasteiger partial charge on any atom is 0.261 e. The molecule has 2 aromatic rings. The van der Waals surface area contributed by atoms with Gasteiger partial charge in [-0.2, -0.15) is 0 Å². The Kier molecular flexibility index (Phi) is 4.26. The highest BCUT2D eigenvalue weighted by molar-refractivity contribution is 5.75. The van der Waals surface area contributed by atoms with Gasteiger partial charge in [-0.25, -0.2) is 4.98 Å². The Morgan fingerprint density at radius 1 is 1.00 bits per heavy atom. The fourth-order valence-corrected chi connectivity index (χ4v) is 2.56. The molecule has 108 valence electrons. The maximum absolute atomic E-state index is 12.7. The zero-order chi connectivity index (χ0) is 14.5. The lowest BCUT2D eigenvalue weighted by atomic mass is 10.1. The average Bonchev–Trinajstić information content (AvgIpc) is 2.53. The Labute approximate surface area is 123 Å². The van der Waals surface area contributed by atoms with Gasteiger partial charge in [0.15, 0.2) is 0 Å². The van der Waals surface area contributed by atoms with Gasteiger partial charge in [0.2, 0.25) is 0 Å². The predicted molar refractivity (Wildman–Crippen MR) is 82.7 cm³/mol. The minimum absolute atomic E-state index is 0.0192. The molecule has 1 fully saturated rings. The van der Waals surface area contributed by atoms with Crippen molar-refractivity contribution < 1.29 is 4.74 Å². The van der Waals surface area contributed by atoms with Gasteiger partial charge in [-0.05, 0) is 25.0 Å². The second-order valence-corrected chi connectivity index (χ2v) is 5.09. The predicted octanol–water partition coefficient (Wildman–Crippen LogP) is 2.87. The van der Waals surface area contributed by atoms with Gasteiger partial charge in [0, 0.05) is 19.3 Å². The van der Waals surface area contributed by atoms with Gasteiger partial charge in [-0.15, -0.1) is 0 Å². The molecular formula is C17H18N2O2. The van der Waals surface area contributed by atoms with Crippen LogP contribution in [0.25, 0.3) is 10.9 Å². The SMILES string of the molecule is O=c1c2ccccccccc2ncn1C1CCOCC1. The van der Waals surface area contributed by atoms with Crippen LogP contribution in [0.3, 0.4) is 0 Å². The summed E-state index contributed by atoms with van der Waals surface area (Å²) in [4.78, 5) is 17.2. The highest BCUT2D eigenvalue weighted by Gasteiger charge is 2.17. The van der Waals surface area contributed by atoms with Crippen molar-refractivity contribution in [2.75, 3.05) is 13.2 Å². The van der Waals surface area contributed by atoms with E-state index in [1.165, 1.54) is 0 Å². The molecule has 4 nitrogen and oxygen atoms in total. The minimum Gasteiger partial charge on any atom is -0.381 e. The largest absolute Gasteiger partial charge is 0.381 e. The molecule has 0 saturated carbocycles. The molecule has 21 heavy (non-hydrogen) atoms. The number of rotatable bonds is 1. The van der Waals surface area contributed by atoms with Crippen LogP contribution in [0.4, 0.5) is 0 Å².